The summed E-state index contributed by atoms with van der Waals surface area (Å²) in [6.45, 7) is 3.76. The van der Waals surface area contributed by atoms with Crippen molar-refractivity contribution in [2.24, 2.45) is 0 Å². The van der Waals surface area contributed by atoms with Crippen LogP contribution in [0.15, 0.2) is 34.8 Å². The quantitative estimate of drug-likeness (QED) is 0.769. The van der Waals surface area contributed by atoms with E-state index >= 15 is 0 Å². The summed E-state index contributed by atoms with van der Waals surface area (Å²) in [7, 11) is 0. The maximum absolute atomic E-state index is 12.3. The topological polar surface area (TPSA) is 30.0 Å². The molecule has 98 valence electrons. The molecule has 0 N–H and O–H groups in total. The highest BCUT2D eigenvalue weighted by molar-refractivity contribution is 9.10. The van der Waals surface area contributed by atoms with Gasteiger partial charge in [0.1, 0.15) is 0 Å². The van der Waals surface area contributed by atoms with E-state index in [1.54, 1.807) is 6.07 Å². The number of hydrogen-bond donors (Lipinski definition) is 0. The van der Waals surface area contributed by atoms with Crippen LogP contribution in [0, 0.1) is 13.8 Å². The second kappa shape index (κ2) is 5.85. The van der Waals surface area contributed by atoms with Gasteiger partial charge >= 0.3 is 0 Å². The van der Waals surface area contributed by atoms with Crippen LogP contribution in [0.1, 0.15) is 27.3 Å². The van der Waals surface area contributed by atoms with Gasteiger partial charge in [-0.2, -0.15) is 0 Å². The zero-order chi connectivity index (χ0) is 14.0. The Morgan fingerprint density at radius 2 is 2.00 bits per heavy atom. The normalized spacial score (nSPS) is 10.5. The Bertz CT molecular complexity index is 640. The minimum Gasteiger partial charge on any atom is -0.294 e. The molecule has 0 bridgehead atoms. The number of halogens is 2. The van der Waals surface area contributed by atoms with Gasteiger partial charge in [0, 0.05) is 32.9 Å². The van der Waals surface area contributed by atoms with Crippen molar-refractivity contribution in [2.45, 2.75) is 20.3 Å². The highest BCUT2D eigenvalue weighted by atomic mass is 79.9. The Morgan fingerprint density at radius 1 is 1.26 bits per heavy atom. The van der Waals surface area contributed by atoms with Crippen LogP contribution >= 0.6 is 27.5 Å². The van der Waals surface area contributed by atoms with Gasteiger partial charge in [0.2, 0.25) is 0 Å². The third kappa shape index (κ3) is 3.43. The van der Waals surface area contributed by atoms with E-state index in [1.807, 2.05) is 38.1 Å². The molecule has 4 heteroatoms. The molecule has 0 aliphatic rings. The number of aryl methyl sites for hydroxylation is 2. The Morgan fingerprint density at radius 3 is 2.63 bits per heavy atom. The number of hydrogen-bond acceptors (Lipinski definition) is 2. The lowest BCUT2D eigenvalue weighted by Crippen LogP contribution is -2.07. The van der Waals surface area contributed by atoms with Gasteiger partial charge in [0.15, 0.2) is 5.78 Å². The van der Waals surface area contributed by atoms with Gasteiger partial charge in [-0.3, -0.25) is 9.78 Å². The number of carbonyl (C=O) groups excluding carboxylic acids is 1. The van der Waals surface area contributed by atoms with Crippen molar-refractivity contribution in [3.8, 4) is 0 Å². The molecular formula is C15H13BrClNO. The average molecular weight is 339 g/mol. The number of Topliss-reactive ketones (excluding diaryl/α,β-unsaturated/α-hetero) is 1. The first-order valence-corrected chi connectivity index (χ1v) is 7.06. The minimum atomic E-state index is 0.0363. The lowest BCUT2D eigenvalue weighted by atomic mass is 10.0. The minimum absolute atomic E-state index is 0.0363. The Kier molecular flexibility index (Phi) is 4.38. The van der Waals surface area contributed by atoms with E-state index in [-0.39, 0.29) is 12.2 Å². The monoisotopic (exact) mass is 337 g/mol. The van der Waals surface area contributed by atoms with Crippen molar-refractivity contribution in [1.82, 2.24) is 4.98 Å². The van der Waals surface area contributed by atoms with E-state index in [9.17, 15) is 4.79 Å². The summed E-state index contributed by atoms with van der Waals surface area (Å²) in [5, 5.41) is 0.598. The first kappa shape index (κ1) is 14.2. The van der Waals surface area contributed by atoms with Crippen LogP contribution in [0.5, 0.6) is 0 Å². The molecule has 0 saturated carbocycles. The number of rotatable bonds is 3. The number of nitrogens with zero attached hydrogens (tertiary/aromatic N) is 1. The summed E-state index contributed by atoms with van der Waals surface area (Å²) >= 11 is 9.48. The number of aromatic nitrogens is 1. The molecule has 2 rings (SSSR count). The Hall–Kier alpha value is -1.19. The number of ketones is 1. The summed E-state index contributed by atoms with van der Waals surface area (Å²) in [6.07, 6.45) is 0.289. The zero-order valence-electron chi connectivity index (χ0n) is 10.7. The number of benzene rings is 1. The summed E-state index contributed by atoms with van der Waals surface area (Å²) in [4.78, 5) is 16.6. The van der Waals surface area contributed by atoms with Crippen molar-refractivity contribution in [3.05, 3.63) is 62.3 Å². The lowest BCUT2D eigenvalue weighted by molar-refractivity contribution is 0.0992. The van der Waals surface area contributed by atoms with Crippen LogP contribution in [0.25, 0.3) is 0 Å². The third-order valence-electron chi connectivity index (χ3n) is 2.89. The van der Waals surface area contributed by atoms with E-state index in [0.29, 0.717) is 10.6 Å². The van der Waals surface area contributed by atoms with Gasteiger partial charge < -0.3 is 0 Å². The molecule has 1 aromatic carbocycles. The maximum atomic E-state index is 12.3. The van der Waals surface area contributed by atoms with Crippen LogP contribution in [0.4, 0.5) is 0 Å². The fraction of sp³-hybridized carbons (Fsp3) is 0.200. The number of carbonyl (C=O) groups is 1. The lowest BCUT2D eigenvalue weighted by Gasteiger charge is -2.07. The van der Waals surface area contributed by atoms with E-state index in [0.717, 1.165) is 21.4 Å². The highest BCUT2D eigenvalue weighted by Gasteiger charge is 2.13. The zero-order valence-corrected chi connectivity index (χ0v) is 13.0. The van der Waals surface area contributed by atoms with Crippen molar-refractivity contribution in [1.29, 1.82) is 0 Å². The number of pyridine rings is 1. The predicted molar refractivity (Wildman–Crippen MR) is 80.9 cm³/mol. The molecule has 0 radical (unpaired) electrons. The Labute approximate surface area is 126 Å². The van der Waals surface area contributed by atoms with Gasteiger partial charge in [-0.25, -0.2) is 0 Å². The molecular weight excluding hydrogens is 326 g/mol. The van der Waals surface area contributed by atoms with E-state index < -0.39 is 0 Å². The maximum Gasteiger partial charge on any atom is 0.169 e. The van der Waals surface area contributed by atoms with Gasteiger partial charge in [0.05, 0.1) is 0 Å². The average Bonchev–Trinajstić information content (AvgIpc) is 2.32. The molecule has 0 spiro atoms. The largest absolute Gasteiger partial charge is 0.294 e. The van der Waals surface area contributed by atoms with Gasteiger partial charge in [-0.15, -0.1) is 0 Å². The fourth-order valence-corrected chi connectivity index (χ4v) is 2.65. The molecule has 0 fully saturated rings. The first-order chi connectivity index (χ1) is 8.97. The van der Waals surface area contributed by atoms with Gasteiger partial charge in [-0.1, -0.05) is 33.6 Å². The summed E-state index contributed by atoms with van der Waals surface area (Å²) in [5.74, 6) is 0.0363. The first-order valence-electron chi connectivity index (χ1n) is 5.89. The molecule has 0 amide bonds. The summed E-state index contributed by atoms with van der Waals surface area (Å²) in [6, 6.07) is 9.22. The van der Waals surface area contributed by atoms with Gasteiger partial charge in [0.25, 0.3) is 0 Å². The van der Waals surface area contributed by atoms with Crippen LogP contribution in [0.2, 0.25) is 5.02 Å². The second-order valence-electron chi connectivity index (χ2n) is 4.42. The van der Waals surface area contributed by atoms with Crippen molar-refractivity contribution < 1.29 is 4.79 Å². The SMILES string of the molecule is Cc1ccc(C(=O)Cc2ccc(Br)cc2Cl)c(C)n1. The van der Waals surface area contributed by atoms with Gasteiger partial charge in [-0.05, 0) is 43.7 Å². The predicted octanol–water partition coefficient (Wildman–Crippen LogP) is 4.54. The third-order valence-corrected chi connectivity index (χ3v) is 3.74. The second-order valence-corrected chi connectivity index (χ2v) is 5.74. The van der Waals surface area contributed by atoms with E-state index in [1.165, 1.54) is 0 Å². The fourth-order valence-electron chi connectivity index (χ4n) is 1.91. The van der Waals surface area contributed by atoms with E-state index in [2.05, 4.69) is 20.9 Å². The molecule has 2 nitrogen and oxygen atoms in total. The van der Waals surface area contributed by atoms with Crippen molar-refractivity contribution >= 4 is 33.3 Å². The molecule has 0 aliphatic heterocycles. The van der Waals surface area contributed by atoms with Crippen molar-refractivity contribution in [3.63, 3.8) is 0 Å². The van der Waals surface area contributed by atoms with Crippen LogP contribution in [-0.4, -0.2) is 10.8 Å². The molecule has 2 aromatic rings. The molecule has 1 aromatic heterocycles. The molecule has 0 unspecified atom stereocenters. The summed E-state index contributed by atoms with van der Waals surface area (Å²) in [5.41, 5.74) is 3.16. The van der Waals surface area contributed by atoms with Crippen LogP contribution < -0.4 is 0 Å². The summed E-state index contributed by atoms with van der Waals surface area (Å²) < 4.78 is 0.905. The van der Waals surface area contributed by atoms with E-state index in [4.69, 9.17) is 11.6 Å². The molecule has 0 saturated heterocycles. The van der Waals surface area contributed by atoms with Crippen LogP contribution in [0.3, 0.4) is 0 Å². The Balaban J connectivity index is 2.25. The van der Waals surface area contributed by atoms with Crippen molar-refractivity contribution in [2.75, 3.05) is 0 Å². The molecule has 0 aliphatic carbocycles. The molecule has 19 heavy (non-hydrogen) atoms. The molecule has 1 heterocycles. The smallest absolute Gasteiger partial charge is 0.169 e. The standard InChI is InChI=1S/C15H13BrClNO/c1-9-3-6-13(10(2)18-9)15(19)7-11-4-5-12(16)8-14(11)17/h3-6,8H,7H2,1-2H3. The van der Waals surface area contributed by atoms with Crippen LogP contribution in [-0.2, 0) is 6.42 Å². The highest BCUT2D eigenvalue weighted by Crippen LogP contribution is 2.23. The molecule has 0 atom stereocenters.